The van der Waals surface area contributed by atoms with Crippen LogP contribution in [0.5, 0.6) is 0 Å². The minimum atomic E-state index is -2.95. The maximum absolute atomic E-state index is 11.6. The Bertz CT molecular complexity index is 781. The molecule has 1 aromatic carbocycles. The van der Waals surface area contributed by atoms with E-state index in [1.807, 2.05) is 0 Å². The van der Waals surface area contributed by atoms with Crippen LogP contribution in [0.4, 0.5) is 0 Å². The number of halogens is 1. The molecule has 8 heteroatoms. The molecule has 0 aromatic heterocycles. The second kappa shape index (κ2) is 10.4. The number of nitrogens with zero attached hydrogens (tertiary/aromatic N) is 2. The van der Waals surface area contributed by atoms with E-state index in [0.717, 1.165) is 44.7 Å². The first-order valence-corrected chi connectivity index (χ1v) is 12.3. The van der Waals surface area contributed by atoms with E-state index in [0.29, 0.717) is 18.6 Å². The van der Waals surface area contributed by atoms with E-state index in [9.17, 15) is 8.42 Å². The van der Waals surface area contributed by atoms with Crippen LogP contribution in [-0.4, -0.2) is 63.5 Å². The van der Waals surface area contributed by atoms with Gasteiger partial charge in [0.1, 0.15) is 9.84 Å². The number of sulfone groups is 1. The van der Waals surface area contributed by atoms with Crippen LogP contribution in [-0.2, 0) is 16.4 Å². The second-order valence-electron chi connectivity index (χ2n) is 8.67. The van der Waals surface area contributed by atoms with Gasteiger partial charge in [-0.05, 0) is 38.2 Å². The molecule has 2 N–H and O–H groups in total. The predicted octanol–water partition coefficient (Wildman–Crippen LogP) is 2.65. The molecule has 1 aliphatic heterocycles. The maximum atomic E-state index is 11.6. The lowest BCUT2D eigenvalue weighted by Gasteiger charge is -2.38. The lowest BCUT2D eigenvalue weighted by Crippen LogP contribution is -2.52. The highest BCUT2D eigenvalue weighted by Gasteiger charge is 2.45. The van der Waals surface area contributed by atoms with Crippen LogP contribution < -0.4 is 10.6 Å². The first-order valence-electron chi connectivity index (χ1n) is 10.2. The van der Waals surface area contributed by atoms with E-state index in [1.54, 1.807) is 7.05 Å². The number of aliphatic imine (C=N–C) groups is 1. The number of guanidine groups is 1. The van der Waals surface area contributed by atoms with Gasteiger partial charge < -0.3 is 10.6 Å². The SMILES string of the molecule is CN=C(NCC1(CS(C)(=O)=O)CC1)NC1CCN(Cc2ccccc2)C(C)C1.I. The molecule has 0 spiro atoms. The molecule has 1 heterocycles. The third kappa shape index (κ3) is 7.71. The molecule has 0 bridgehead atoms. The lowest BCUT2D eigenvalue weighted by molar-refractivity contribution is 0.134. The summed E-state index contributed by atoms with van der Waals surface area (Å²) in [6.45, 7) is 5.01. The van der Waals surface area contributed by atoms with Gasteiger partial charge >= 0.3 is 0 Å². The molecule has 0 amide bonds. The highest BCUT2D eigenvalue weighted by atomic mass is 127. The van der Waals surface area contributed by atoms with Crippen molar-refractivity contribution < 1.29 is 8.42 Å². The van der Waals surface area contributed by atoms with E-state index in [4.69, 9.17) is 0 Å². The zero-order valence-electron chi connectivity index (χ0n) is 17.7. The van der Waals surface area contributed by atoms with E-state index in [-0.39, 0.29) is 35.1 Å². The largest absolute Gasteiger partial charge is 0.356 e. The summed E-state index contributed by atoms with van der Waals surface area (Å²) in [4.78, 5) is 6.89. The molecule has 1 aromatic rings. The van der Waals surface area contributed by atoms with E-state index in [1.165, 1.54) is 11.8 Å². The van der Waals surface area contributed by atoms with Gasteiger partial charge in [0.2, 0.25) is 0 Å². The zero-order chi connectivity index (χ0) is 20.2. The summed E-state index contributed by atoms with van der Waals surface area (Å²) in [5.74, 6) is 1.05. The van der Waals surface area contributed by atoms with Gasteiger partial charge in [-0.2, -0.15) is 0 Å². The topological polar surface area (TPSA) is 73.8 Å². The van der Waals surface area contributed by atoms with Crippen molar-refractivity contribution in [3.63, 3.8) is 0 Å². The monoisotopic (exact) mass is 534 g/mol. The minimum Gasteiger partial charge on any atom is -0.356 e. The second-order valence-corrected chi connectivity index (χ2v) is 10.8. The lowest BCUT2D eigenvalue weighted by atomic mass is 9.97. The van der Waals surface area contributed by atoms with Crippen LogP contribution in [0.3, 0.4) is 0 Å². The van der Waals surface area contributed by atoms with Gasteiger partial charge in [-0.25, -0.2) is 8.42 Å². The molecule has 2 fully saturated rings. The number of rotatable bonds is 7. The summed E-state index contributed by atoms with van der Waals surface area (Å²) in [6.07, 6.45) is 5.41. The molecule has 1 aliphatic carbocycles. The Labute approximate surface area is 192 Å². The van der Waals surface area contributed by atoms with Gasteiger partial charge in [-0.3, -0.25) is 9.89 Å². The minimum absolute atomic E-state index is 0. The van der Waals surface area contributed by atoms with Crippen LogP contribution in [0.1, 0.15) is 38.2 Å². The number of hydrogen-bond donors (Lipinski definition) is 2. The number of piperidine rings is 1. The molecule has 3 rings (SSSR count). The third-order valence-corrected chi connectivity index (χ3v) is 7.10. The Morgan fingerprint density at radius 2 is 1.97 bits per heavy atom. The number of nitrogens with one attached hydrogen (secondary N) is 2. The van der Waals surface area contributed by atoms with Gasteiger partial charge in [-0.1, -0.05) is 30.3 Å². The van der Waals surface area contributed by atoms with Crippen molar-refractivity contribution in [3.05, 3.63) is 35.9 Å². The normalized spacial score (nSPS) is 24.4. The molecule has 2 atom stereocenters. The average Bonchev–Trinajstić information content (AvgIpc) is 3.39. The van der Waals surface area contributed by atoms with Gasteiger partial charge in [-0.15, -0.1) is 24.0 Å². The summed E-state index contributed by atoms with van der Waals surface area (Å²) < 4.78 is 23.3. The quantitative estimate of drug-likeness (QED) is 0.320. The van der Waals surface area contributed by atoms with Crippen molar-refractivity contribution >= 4 is 39.8 Å². The molecular weight excluding hydrogens is 499 g/mol. The summed E-state index contributed by atoms with van der Waals surface area (Å²) >= 11 is 0. The van der Waals surface area contributed by atoms with Crippen molar-refractivity contribution in [1.29, 1.82) is 0 Å². The van der Waals surface area contributed by atoms with Crippen molar-refractivity contribution in [1.82, 2.24) is 15.5 Å². The molecule has 164 valence electrons. The van der Waals surface area contributed by atoms with Crippen LogP contribution >= 0.6 is 24.0 Å². The molecule has 6 nitrogen and oxygen atoms in total. The highest BCUT2D eigenvalue weighted by molar-refractivity contribution is 14.0. The summed E-state index contributed by atoms with van der Waals surface area (Å²) in [5, 5.41) is 6.92. The van der Waals surface area contributed by atoms with Crippen molar-refractivity contribution in [2.75, 3.05) is 32.1 Å². The maximum Gasteiger partial charge on any atom is 0.191 e. The fourth-order valence-electron chi connectivity index (χ4n) is 4.17. The first kappa shape index (κ1) is 24.4. The standard InChI is InChI=1S/C21H34N4O2S.HI/c1-17-13-19(9-12-25(17)14-18-7-5-4-6-8-18)24-20(22-2)23-15-21(10-11-21)16-28(3,26)27;/h4-8,17,19H,9-16H2,1-3H3,(H2,22,23,24);1H. The number of benzene rings is 1. The summed E-state index contributed by atoms with van der Waals surface area (Å²) in [5.41, 5.74) is 1.26. The number of likely N-dealkylation sites (tertiary alicyclic amines) is 1. The Hall–Kier alpha value is -0.870. The Kier molecular flexibility index (Phi) is 8.78. The van der Waals surface area contributed by atoms with E-state index in [2.05, 4.69) is 57.8 Å². The van der Waals surface area contributed by atoms with Gasteiger partial charge in [0.05, 0.1) is 5.75 Å². The van der Waals surface area contributed by atoms with Crippen molar-refractivity contribution in [2.24, 2.45) is 10.4 Å². The molecule has 1 saturated carbocycles. The third-order valence-electron chi connectivity index (χ3n) is 5.96. The fourth-order valence-corrected chi connectivity index (χ4v) is 5.67. The van der Waals surface area contributed by atoms with Crippen molar-refractivity contribution in [3.8, 4) is 0 Å². The van der Waals surface area contributed by atoms with E-state index < -0.39 is 9.84 Å². The average molecular weight is 535 g/mol. The number of hydrogen-bond acceptors (Lipinski definition) is 4. The van der Waals surface area contributed by atoms with Gasteiger partial charge in [0, 0.05) is 50.4 Å². The molecule has 2 unspecified atom stereocenters. The van der Waals surface area contributed by atoms with Crippen LogP contribution in [0.25, 0.3) is 0 Å². The first-order chi connectivity index (χ1) is 13.3. The Morgan fingerprint density at radius 3 is 2.52 bits per heavy atom. The smallest absolute Gasteiger partial charge is 0.191 e. The molecular formula is C21H35IN4O2S. The van der Waals surface area contributed by atoms with Crippen LogP contribution in [0, 0.1) is 5.41 Å². The molecule has 2 aliphatic rings. The predicted molar refractivity (Wildman–Crippen MR) is 131 cm³/mol. The molecule has 29 heavy (non-hydrogen) atoms. The van der Waals surface area contributed by atoms with Crippen LogP contribution in [0.15, 0.2) is 35.3 Å². The zero-order valence-corrected chi connectivity index (χ0v) is 20.9. The van der Waals surface area contributed by atoms with Gasteiger partial charge in [0.25, 0.3) is 0 Å². The Morgan fingerprint density at radius 1 is 1.28 bits per heavy atom. The van der Waals surface area contributed by atoms with Crippen LogP contribution in [0.2, 0.25) is 0 Å². The summed E-state index contributed by atoms with van der Waals surface area (Å²) in [6, 6.07) is 11.5. The fraction of sp³-hybridized carbons (Fsp3) is 0.667. The Balaban J connectivity index is 0.00000300. The summed E-state index contributed by atoms with van der Waals surface area (Å²) in [7, 11) is -1.17. The van der Waals surface area contributed by atoms with Crippen molar-refractivity contribution in [2.45, 2.75) is 51.2 Å². The molecule has 1 saturated heterocycles. The van der Waals surface area contributed by atoms with Gasteiger partial charge in [0.15, 0.2) is 5.96 Å². The highest BCUT2D eigenvalue weighted by Crippen LogP contribution is 2.46. The van der Waals surface area contributed by atoms with E-state index >= 15 is 0 Å². The molecule has 0 radical (unpaired) electrons.